The molecule has 0 spiro atoms. The Morgan fingerprint density at radius 3 is 2.35 bits per heavy atom. The second-order valence-electron chi connectivity index (χ2n) is 4.97. The number of rotatable bonds is 6. The Morgan fingerprint density at radius 2 is 1.95 bits per heavy atom. The largest absolute Gasteiger partial charge is 0.430 e. The summed E-state index contributed by atoms with van der Waals surface area (Å²) in [4.78, 5) is 10.5. The molecule has 0 aliphatic rings. The van der Waals surface area contributed by atoms with Gasteiger partial charge in [0, 0.05) is 6.92 Å². The minimum atomic E-state index is -3.50. The molecule has 1 rings (SSSR count). The van der Waals surface area contributed by atoms with Crippen molar-refractivity contribution in [3.05, 3.63) is 29.6 Å². The van der Waals surface area contributed by atoms with Gasteiger partial charge in [0.25, 0.3) is 0 Å². The zero-order valence-electron chi connectivity index (χ0n) is 11.3. The van der Waals surface area contributed by atoms with Crippen molar-refractivity contribution in [3.63, 3.8) is 0 Å². The van der Waals surface area contributed by atoms with Crippen LogP contribution in [0, 0.1) is 5.82 Å². The van der Waals surface area contributed by atoms with Gasteiger partial charge in [-0.15, -0.1) is 0 Å². The molecule has 1 amide bonds. The maximum atomic E-state index is 13.7. The first-order chi connectivity index (χ1) is 9.04. The van der Waals surface area contributed by atoms with Crippen LogP contribution in [0.4, 0.5) is 13.2 Å². The summed E-state index contributed by atoms with van der Waals surface area (Å²) in [6.45, 7) is 3.35. The van der Waals surface area contributed by atoms with E-state index in [4.69, 9.17) is 0 Å². The first-order valence-corrected chi connectivity index (χ1v) is 5.83. The maximum absolute atomic E-state index is 13.7. The summed E-state index contributed by atoms with van der Waals surface area (Å²) in [6, 6.07) is 2.36. The fraction of sp³-hybridized carbons (Fsp3) is 0.462. The van der Waals surface area contributed by atoms with Gasteiger partial charge in [0.1, 0.15) is 0 Å². The molecule has 20 heavy (non-hydrogen) atoms. The van der Waals surface area contributed by atoms with Gasteiger partial charge in [0.05, 0.1) is 11.6 Å². The molecule has 4 nitrogen and oxygen atoms in total. The number of benzene rings is 1. The zero-order chi connectivity index (χ0) is 15.6. The summed E-state index contributed by atoms with van der Waals surface area (Å²) in [5, 5.41) is 12.3. The van der Waals surface area contributed by atoms with E-state index in [1.165, 1.54) is 19.9 Å². The van der Waals surface area contributed by atoms with Crippen molar-refractivity contribution in [2.45, 2.75) is 38.5 Å². The minimum absolute atomic E-state index is 0.230. The summed E-state index contributed by atoms with van der Waals surface area (Å²) in [7, 11) is 0. The highest BCUT2D eigenvalue weighted by atomic mass is 19.3. The average molecular weight is 291 g/mol. The number of hydrogen-bond donors (Lipinski definition) is 2. The number of carbonyl (C=O) groups excluding carboxylic acids is 1. The Hall–Kier alpha value is -1.76. The molecule has 0 saturated heterocycles. The fourth-order valence-electron chi connectivity index (χ4n) is 1.75. The number of halogens is 3. The van der Waals surface area contributed by atoms with Gasteiger partial charge in [0.15, 0.2) is 11.6 Å². The number of amides is 1. The Kier molecular flexibility index (Phi) is 4.65. The monoisotopic (exact) mass is 291 g/mol. The highest BCUT2D eigenvalue weighted by molar-refractivity contribution is 5.48. The van der Waals surface area contributed by atoms with Crippen LogP contribution in [-0.4, -0.2) is 23.2 Å². The molecule has 0 aliphatic carbocycles. The van der Waals surface area contributed by atoms with Crippen molar-refractivity contribution in [1.29, 1.82) is 0 Å². The third-order valence-corrected chi connectivity index (χ3v) is 2.52. The molecule has 0 aliphatic heterocycles. The van der Waals surface area contributed by atoms with E-state index in [0.29, 0.717) is 13.3 Å². The van der Waals surface area contributed by atoms with Crippen molar-refractivity contribution in [1.82, 2.24) is 5.32 Å². The molecule has 7 heteroatoms. The van der Waals surface area contributed by atoms with Gasteiger partial charge in [0.2, 0.25) is 6.41 Å². The van der Waals surface area contributed by atoms with E-state index in [2.05, 4.69) is 10.1 Å². The lowest BCUT2D eigenvalue weighted by Gasteiger charge is -2.29. The third kappa shape index (κ3) is 4.41. The Bertz CT molecular complexity index is 481. The van der Waals surface area contributed by atoms with E-state index in [1.54, 1.807) is 0 Å². The molecule has 1 atom stereocenters. The van der Waals surface area contributed by atoms with E-state index in [-0.39, 0.29) is 5.56 Å². The Morgan fingerprint density at radius 1 is 1.35 bits per heavy atom. The standard InChI is InChI=1S/C13H16F3NO3/c1-12(2,19)11(17-7-18)8-4-5-10(9(14)6-8)20-13(3,15)16/h4-7,11,19H,1-3H3,(H,17,18). The van der Waals surface area contributed by atoms with E-state index in [1.807, 2.05) is 0 Å². The molecular formula is C13H16F3NO3. The summed E-state index contributed by atoms with van der Waals surface area (Å²) < 4.78 is 43.2. The SMILES string of the molecule is CC(F)(F)Oc1ccc(C(NC=O)C(C)(C)O)cc1F. The number of carbonyl (C=O) groups is 1. The second-order valence-corrected chi connectivity index (χ2v) is 4.97. The molecule has 0 saturated carbocycles. The van der Waals surface area contributed by atoms with Gasteiger partial charge in [-0.3, -0.25) is 4.79 Å². The first-order valence-electron chi connectivity index (χ1n) is 5.83. The van der Waals surface area contributed by atoms with Crippen molar-refractivity contribution in [2.75, 3.05) is 0 Å². The van der Waals surface area contributed by atoms with Crippen molar-refractivity contribution >= 4 is 6.41 Å². The molecule has 1 unspecified atom stereocenters. The molecular weight excluding hydrogens is 275 g/mol. The number of ether oxygens (including phenoxy) is 1. The number of nitrogens with one attached hydrogen (secondary N) is 1. The van der Waals surface area contributed by atoms with Crippen LogP contribution in [0.25, 0.3) is 0 Å². The predicted molar refractivity (Wildman–Crippen MR) is 65.9 cm³/mol. The maximum Gasteiger partial charge on any atom is 0.395 e. The van der Waals surface area contributed by atoms with Crippen LogP contribution in [0.15, 0.2) is 18.2 Å². The number of alkyl halides is 2. The lowest BCUT2D eigenvalue weighted by molar-refractivity contribution is -0.160. The van der Waals surface area contributed by atoms with Crippen molar-refractivity contribution < 1.29 is 27.8 Å². The normalized spacial score (nSPS) is 13.8. The molecule has 1 aromatic carbocycles. The van der Waals surface area contributed by atoms with Crippen LogP contribution in [0.2, 0.25) is 0 Å². The molecule has 0 bridgehead atoms. The summed E-state index contributed by atoms with van der Waals surface area (Å²) in [6.07, 6.45) is -3.13. The molecule has 1 aromatic rings. The Balaban J connectivity index is 3.09. The van der Waals surface area contributed by atoms with Crippen LogP contribution < -0.4 is 10.1 Å². The number of hydrogen-bond acceptors (Lipinski definition) is 3. The van der Waals surface area contributed by atoms with Crippen LogP contribution in [0.5, 0.6) is 5.75 Å². The molecule has 2 N–H and O–H groups in total. The smallest absolute Gasteiger partial charge is 0.395 e. The van der Waals surface area contributed by atoms with Gasteiger partial charge in [-0.25, -0.2) is 4.39 Å². The zero-order valence-corrected chi connectivity index (χ0v) is 11.3. The Labute approximate surface area is 114 Å². The summed E-state index contributed by atoms with van der Waals surface area (Å²) in [5.41, 5.74) is -1.13. The first kappa shape index (κ1) is 16.3. The van der Waals surface area contributed by atoms with E-state index in [9.17, 15) is 23.1 Å². The van der Waals surface area contributed by atoms with Gasteiger partial charge < -0.3 is 15.2 Å². The van der Waals surface area contributed by atoms with Crippen molar-refractivity contribution in [2.24, 2.45) is 0 Å². The molecule has 0 radical (unpaired) electrons. The fourth-order valence-corrected chi connectivity index (χ4v) is 1.75. The predicted octanol–water partition coefficient (Wildman–Crippen LogP) is 2.38. The number of aliphatic hydroxyl groups is 1. The molecule has 0 aromatic heterocycles. The van der Waals surface area contributed by atoms with Gasteiger partial charge in [-0.1, -0.05) is 6.07 Å². The highest BCUT2D eigenvalue weighted by Crippen LogP contribution is 2.30. The van der Waals surface area contributed by atoms with E-state index in [0.717, 1.165) is 12.1 Å². The minimum Gasteiger partial charge on any atom is -0.430 e. The quantitative estimate of drug-likeness (QED) is 0.791. The van der Waals surface area contributed by atoms with Crippen LogP contribution >= 0.6 is 0 Å². The van der Waals surface area contributed by atoms with Gasteiger partial charge in [-0.2, -0.15) is 8.78 Å². The topological polar surface area (TPSA) is 58.6 Å². The van der Waals surface area contributed by atoms with E-state index >= 15 is 0 Å². The molecule has 112 valence electrons. The van der Waals surface area contributed by atoms with Crippen LogP contribution in [0.1, 0.15) is 32.4 Å². The lowest BCUT2D eigenvalue weighted by Crippen LogP contribution is -2.38. The van der Waals surface area contributed by atoms with Crippen molar-refractivity contribution in [3.8, 4) is 5.75 Å². The van der Waals surface area contributed by atoms with Crippen LogP contribution in [-0.2, 0) is 4.79 Å². The van der Waals surface area contributed by atoms with Gasteiger partial charge in [-0.05, 0) is 31.5 Å². The average Bonchev–Trinajstić information content (AvgIpc) is 2.25. The summed E-state index contributed by atoms with van der Waals surface area (Å²) in [5.74, 6) is -1.62. The highest BCUT2D eigenvalue weighted by Gasteiger charge is 2.30. The summed E-state index contributed by atoms with van der Waals surface area (Å²) >= 11 is 0. The lowest BCUT2D eigenvalue weighted by atomic mass is 9.92. The third-order valence-electron chi connectivity index (χ3n) is 2.52. The molecule has 0 fully saturated rings. The molecule has 0 heterocycles. The second kappa shape index (κ2) is 5.70. The van der Waals surface area contributed by atoms with Gasteiger partial charge >= 0.3 is 6.11 Å². The van der Waals surface area contributed by atoms with Crippen LogP contribution in [0.3, 0.4) is 0 Å². The van der Waals surface area contributed by atoms with E-state index < -0.39 is 29.3 Å².